The van der Waals surface area contributed by atoms with Gasteiger partial charge in [-0.1, -0.05) is 32.0 Å². The van der Waals surface area contributed by atoms with Gasteiger partial charge in [0, 0.05) is 62.3 Å². The van der Waals surface area contributed by atoms with Crippen molar-refractivity contribution in [1.82, 2.24) is 45.6 Å². The van der Waals surface area contributed by atoms with Crippen molar-refractivity contribution in [2.75, 3.05) is 40.3 Å². The number of hydrogen-bond acceptors (Lipinski definition) is 9. The molecule has 286 valence electrons. The maximum atomic E-state index is 14.0. The summed E-state index contributed by atoms with van der Waals surface area (Å²) in [6.07, 6.45) is 4.46. The molecule has 3 aromatic heterocycles. The van der Waals surface area contributed by atoms with Gasteiger partial charge in [-0.2, -0.15) is 0 Å². The van der Waals surface area contributed by atoms with Crippen molar-refractivity contribution in [3.05, 3.63) is 81.9 Å². The lowest BCUT2D eigenvalue weighted by Gasteiger charge is -2.28. The number of para-hydroxylation sites is 1. The first kappa shape index (κ1) is 39.5. The second-order valence-electron chi connectivity index (χ2n) is 13.8. The van der Waals surface area contributed by atoms with Crippen molar-refractivity contribution in [3.8, 4) is 0 Å². The maximum Gasteiger partial charge on any atom is 0.271 e. The number of carbonyl (C=O) groups excluding carboxylic acids is 6. The predicted octanol–water partition coefficient (Wildman–Crippen LogP) is 2.28. The minimum absolute atomic E-state index is 0.0340. The lowest BCUT2D eigenvalue weighted by atomic mass is 10.0. The first-order valence-electron chi connectivity index (χ1n) is 17.5. The zero-order chi connectivity index (χ0) is 39.1. The van der Waals surface area contributed by atoms with Crippen LogP contribution in [0.4, 0.5) is 4.39 Å². The summed E-state index contributed by atoms with van der Waals surface area (Å²) in [5, 5.41) is 11.2. The SMILES string of the molecule is CC(C)C[C@@H]1NC(=O)CN(C(=O)c2cncc(F)c2)CCN(C)C(=O)[C@H](C)NC(=O)CN(C)C(=O)[C@@H](Cc2c[nH]c3ccccc23)NC(=O)c2csc1n2. The van der Waals surface area contributed by atoms with Gasteiger partial charge in [-0.05, 0) is 37.0 Å². The highest BCUT2D eigenvalue weighted by molar-refractivity contribution is 7.09. The summed E-state index contributed by atoms with van der Waals surface area (Å²) in [7, 11) is 2.92. The molecule has 0 saturated heterocycles. The molecule has 4 N–H and O–H groups in total. The first-order chi connectivity index (χ1) is 25.7. The van der Waals surface area contributed by atoms with Crippen LogP contribution in [0.25, 0.3) is 10.9 Å². The number of aromatic nitrogens is 3. The van der Waals surface area contributed by atoms with Gasteiger partial charge in [-0.25, -0.2) is 9.37 Å². The largest absolute Gasteiger partial charge is 0.361 e. The molecule has 17 heteroatoms. The van der Waals surface area contributed by atoms with Gasteiger partial charge in [0.25, 0.3) is 11.8 Å². The number of amides is 6. The Morgan fingerprint density at radius 1 is 0.944 bits per heavy atom. The number of benzene rings is 1. The third-order valence-electron chi connectivity index (χ3n) is 8.96. The number of fused-ring (bicyclic) bond motifs is 3. The molecule has 4 aromatic rings. The quantitative estimate of drug-likeness (QED) is 0.238. The lowest BCUT2D eigenvalue weighted by molar-refractivity contribution is -0.138. The summed E-state index contributed by atoms with van der Waals surface area (Å²) in [5.74, 6) is -4.14. The maximum absolute atomic E-state index is 14.0. The molecule has 0 unspecified atom stereocenters. The van der Waals surface area contributed by atoms with E-state index in [2.05, 4.69) is 30.9 Å². The molecule has 4 heterocycles. The van der Waals surface area contributed by atoms with Gasteiger partial charge in [0.05, 0.1) is 30.9 Å². The normalized spacial score (nSPS) is 20.1. The first-order valence-corrected chi connectivity index (χ1v) is 18.4. The van der Waals surface area contributed by atoms with E-state index in [0.29, 0.717) is 11.4 Å². The van der Waals surface area contributed by atoms with Crippen LogP contribution in [0, 0.1) is 11.7 Å². The van der Waals surface area contributed by atoms with E-state index in [-0.39, 0.29) is 36.7 Å². The van der Waals surface area contributed by atoms with Crippen molar-refractivity contribution in [2.45, 2.75) is 51.7 Å². The van der Waals surface area contributed by atoms with E-state index in [1.54, 1.807) is 11.6 Å². The van der Waals surface area contributed by atoms with Crippen LogP contribution in [0.2, 0.25) is 0 Å². The topological polar surface area (TPSA) is 190 Å². The second-order valence-corrected chi connectivity index (χ2v) is 14.7. The van der Waals surface area contributed by atoms with E-state index in [9.17, 15) is 33.2 Å². The average molecular weight is 762 g/mol. The molecule has 1 aliphatic rings. The van der Waals surface area contributed by atoms with Crippen LogP contribution < -0.4 is 16.0 Å². The van der Waals surface area contributed by atoms with Crippen LogP contribution in [0.1, 0.15) is 64.7 Å². The van der Waals surface area contributed by atoms with E-state index in [4.69, 9.17) is 0 Å². The van der Waals surface area contributed by atoms with Gasteiger partial charge in [0.15, 0.2) is 0 Å². The summed E-state index contributed by atoms with van der Waals surface area (Å²) in [6, 6.07) is 5.80. The molecule has 1 aliphatic heterocycles. The van der Waals surface area contributed by atoms with Gasteiger partial charge in [0.2, 0.25) is 23.6 Å². The number of nitrogens with zero attached hydrogens (tertiary/aromatic N) is 5. The minimum atomic E-state index is -1.10. The van der Waals surface area contributed by atoms with Gasteiger partial charge in [-0.3, -0.25) is 33.8 Å². The molecule has 6 amide bonds. The molecular weight excluding hydrogens is 718 g/mol. The molecule has 0 fully saturated rings. The van der Waals surface area contributed by atoms with E-state index in [0.717, 1.165) is 40.1 Å². The van der Waals surface area contributed by atoms with E-state index < -0.39 is 72.5 Å². The van der Waals surface area contributed by atoms with Crippen LogP contribution in [0.15, 0.2) is 54.3 Å². The number of rotatable bonds is 5. The van der Waals surface area contributed by atoms with Crippen LogP contribution in [-0.2, 0) is 25.6 Å². The fraction of sp³-hybridized carbons (Fsp3) is 0.405. The highest BCUT2D eigenvalue weighted by Gasteiger charge is 2.31. The molecule has 0 spiro atoms. The number of pyridine rings is 1. The number of nitrogens with one attached hydrogen (secondary N) is 4. The third-order valence-corrected chi connectivity index (χ3v) is 9.92. The number of aromatic amines is 1. The molecule has 2 bridgehead atoms. The summed E-state index contributed by atoms with van der Waals surface area (Å²) < 4.78 is 14.0. The third kappa shape index (κ3) is 9.83. The number of likely N-dealkylation sites (N-methyl/N-ethyl adjacent to an activating group) is 2. The number of H-pyrrole nitrogens is 1. The zero-order valence-corrected chi connectivity index (χ0v) is 31.5. The fourth-order valence-electron chi connectivity index (χ4n) is 6.19. The second kappa shape index (κ2) is 17.4. The molecule has 15 nitrogen and oxygen atoms in total. The van der Waals surface area contributed by atoms with Crippen LogP contribution >= 0.6 is 11.3 Å². The number of thiazole rings is 1. The van der Waals surface area contributed by atoms with Crippen LogP contribution in [0.5, 0.6) is 0 Å². The summed E-state index contributed by atoms with van der Waals surface area (Å²) in [4.78, 5) is 96.4. The molecule has 0 aliphatic carbocycles. The van der Waals surface area contributed by atoms with Gasteiger partial charge in [0.1, 0.15) is 28.6 Å². The molecule has 3 atom stereocenters. The summed E-state index contributed by atoms with van der Waals surface area (Å²) in [6.45, 7) is 4.41. The molecule has 1 aromatic carbocycles. The fourth-order valence-corrected chi connectivity index (χ4v) is 7.06. The minimum Gasteiger partial charge on any atom is -0.361 e. The van der Waals surface area contributed by atoms with Crippen molar-refractivity contribution in [2.24, 2.45) is 5.92 Å². The Morgan fingerprint density at radius 3 is 2.43 bits per heavy atom. The Bertz CT molecular complexity index is 2030. The Balaban J connectivity index is 1.47. The average Bonchev–Trinajstić information content (AvgIpc) is 3.79. The van der Waals surface area contributed by atoms with Crippen molar-refractivity contribution < 1.29 is 33.2 Å². The monoisotopic (exact) mass is 761 g/mol. The van der Waals surface area contributed by atoms with E-state index >= 15 is 0 Å². The molecule has 0 radical (unpaired) electrons. The molecule has 0 saturated carbocycles. The van der Waals surface area contributed by atoms with Gasteiger partial charge >= 0.3 is 0 Å². The van der Waals surface area contributed by atoms with Crippen LogP contribution in [-0.4, -0.2) is 117 Å². The highest BCUT2D eigenvalue weighted by Crippen LogP contribution is 2.25. The van der Waals surface area contributed by atoms with Crippen LogP contribution in [0.3, 0.4) is 0 Å². The Morgan fingerprint density at radius 2 is 1.69 bits per heavy atom. The Kier molecular flexibility index (Phi) is 12.7. The smallest absolute Gasteiger partial charge is 0.271 e. The number of hydrogen-bond donors (Lipinski definition) is 4. The molecule has 5 rings (SSSR count). The summed E-state index contributed by atoms with van der Waals surface area (Å²) >= 11 is 1.16. The Labute approximate surface area is 315 Å². The van der Waals surface area contributed by atoms with E-state index in [1.807, 2.05) is 38.1 Å². The van der Waals surface area contributed by atoms with Gasteiger partial charge < -0.3 is 35.6 Å². The number of halogens is 1. The van der Waals surface area contributed by atoms with Crippen molar-refractivity contribution in [3.63, 3.8) is 0 Å². The van der Waals surface area contributed by atoms with Crippen molar-refractivity contribution in [1.29, 1.82) is 0 Å². The number of carbonyl (C=O) groups is 6. The zero-order valence-electron chi connectivity index (χ0n) is 30.7. The van der Waals surface area contributed by atoms with Gasteiger partial charge in [-0.15, -0.1) is 11.3 Å². The lowest BCUT2D eigenvalue weighted by Crippen LogP contribution is -2.53. The Hall–Kier alpha value is -5.71. The van der Waals surface area contributed by atoms with Crippen molar-refractivity contribution >= 4 is 57.7 Å². The summed E-state index contributed by atoms with van der Waals surface area (Å²) in [5.41, 5.74) is 1.58. The highest BCUT2D eigenvalue weighted by atomic mass is 32.1. The standard InChI is InChI=1S/C37H44FN9O6S/c1-21(2)12-28-34-44-30(20-54-34)33(50)43-29(14-23-16-40-27-9-7-6-8-26(23)27)37(53)46(5)18-31(48)41-22(3)35(51)45(4)10-11-47(19-32(49)42-28)36(52)24-13-25(38)17-39-15-24/h6-9,13,15-17,20-22,28-29,40H,10-12,14,18-19H2,1-5H3,(H,41,48)(H,42,49)(H,43,50)/t22-,28-,29+/m0/s1. The predicted molar refractivity (Wildman–Crippen MR) is 199 cm³/mol. The molecule has 54 heavy (non-hydrogen) atoms. The molecular formula is C37H44FN9O6S. The van der Waals surface area contributed by atoms with E-state index in [1.165, 1.54) is 41.9 Å².